The lowest BCUT2D eigenvalue weighted by Gasteiger charge is -2.04. The number of hydrogen-bond acceptors (Lipinski definition) is 1. The molecular formula is C9H11FO. The monoisotopic (exact) mass is 154 g/mol. The van der Waals surface area contributed by atoms with Crippen molar-refractivity contribution in [3.63, 3.8) is 0 Å². The molecule has 2 heteroatoms. The van der Waals surface area contributed by atoms with Gasteiger partial charge in [-0.1, -0.05) is 29.8 Å². The van der Waals surface area contributed by atoms with E-state index in [9.17, 15) is 4.39 Å². The van der Waals surface area contributed by atoms with Gasteiger partial charge in [0.25, 0.3) is 0 Å². The lowest BCUT2D eigenvalue weighted by Crippen LogP contribution is -1.96. The van der Waals surface area contributed by atoms with Gasteiger partial charge in [0.15, 0.2) is 0 Å². The number of aliphatic hydroxyl groups is 1. The minimum absolute atomic E-state index is 0.441. The molecule has 1 aromatic carbocycles. The Morgan fingerprint density at radius 3 is 2.82 bits per heavy atom. The molecule has 11 heavy (non-hydrogen) atoms. The molecule has 1 aromatic rings. The minimum atomic E-state index is -1.24. The Hall–Kier alpha value is -0.890. The van der Waals surface area contributed by atoms with Crippen molar-refractivity contribution in [3.8, 4) is 0 Å². The number of benzene rings is 1. The second kappa shape index (κ2) is 3.49. The standard InChI is InChI=1S/C9H11FO/c1-7-3-2-4-8(5-7)9(10)6-11/h2-5,9,11H,6H2,1H3/t9-/m0/s1. The summed E-state index contributed by atoms with van der Waals surface area (Å²) in [6, 6.07) is 7.09. The van der Waals surface area contributed by atoms with Gasteiger partial charge in [-0.3, -0.25) is 0 Å². The first-order valence-corrected chi connectivity index (χ1v) is 3.55. The van der Waals surface area contributed by atoms with Crippen molar-refractivity contribution in [2.24, 2.45) is 0 Å². The van der Waals surface area contributed by atoms with Crippen molar-refractivity contribution in [1.82, 2.24) is 0 Å². The summed E-state index contributed by atoms with van der Waals surface area (Å²) in [5, 5.41) is 8.50. The van der Waals surface area contributed by atoms with Crippen LogP contribution in [-0.2, 0) is 0 Å². The third kappa shape index (κ3) is 2.02. The van der Waals surface area contributed by atoms with Crippen LogP contribution in [0.1, 0.15) is 17.3 Å². The number of rotatable bonds is 2. The molecule has 1 rings (SSSR count). The van der Waals surface area contributed by atoms with Gasteiger partial charge in [-0.05, 0) is 12.5 Å². The number of aryl methyl sites for hydroxylation is 1. The highest BCUT2D eigenvalue weighted by Crippen LogP contribution is 2.16. The molecule has 0 aliphatic heterocycles. The summed E-state index contributed by atoms with van der Waals surface area (Å²) >= 11 is 0. The van der Waals surface area contributed by atoms with Crippen LogP contribution in [0.15, 0.2) is 24.3 Å². The van der Waals surface area contributed by atoms with Crippen LogP contribution in [0, 0.1) is 6.92 Å². The highest BCUT2D eigenvalue weighted by Gasteiger charge is 2.06. The van der Waals surface area contributed by atoms with Gasteiger partial charge in [-0.2, -0.15) is 0 Å². The van der Waals surface area contributed by atoms with E-state index in [1.54, 1.807) is 18.2 Å². The second-order valence-electron chi connectivity index (χ2n) is 2.56. The predicted molar refractivity (Wildman–Crippen MR) is 42.1 cm³/mol. The fourth-order valence-electron chi connectivity index (χ4n) is 0.970. The SMILES string of the molecule is Cc1cccc([C@@H](F)CO)c1. The van der Waals surface area contributed by atoms with Gasteiger partial charge in [0.2, 0.25) is 0 Å². The van der Waals surface area contributed by atoms with Crippen molar-refractivity contribution in [2.45, 2.75) is 13.1 Å². The fourth-order valence-corrected chi connectivity index (χ4v) is 0.970. The van der Waals surface area contributed by atoms with Gasteiger partial charge >= 0.3 is 0 Å². The molecule has 0 bridgehead atoms. The number of alkyl halides is 1. The molecule has 60 valence electrons. The van der Waals surface area contributed by atoms with Crippen LogP contribution in [-0.4, -0.2) is 11.7 Å². The quantitative estimate of drug-likeness (QED) is 0.690. The topological polar surface area (TPSA) is 20.2 Å². The molecule has 0 unspecified atom stereocenters. The molecule has 0 spiro atoms. The van der Waals surface area contributed by atoms with E-state index in [1.165, 1.54) is 0 Å². The Balaban J connectivity index is 2.86. The average molecular weight is 154 g/mol. The summed E-state index contributed by atoms with van der Waals surface area (Å²) in [5.74, 6) is 0. The van der Waals surface area contributed by atoms with E-state index in [1.807, 2.05) is 13.0 Å². The maximum atomic E-state index is 12.8. The van der Waals surface area contributed by atoms with Gasteiger partial charge in [0, 0.05) is 0 Å². The summed E-state index contributed by atoms with van der Waals surface area (Å²) in [4.78, 5) is 0. The predicted octanol–water partition coefficient (Wildman–Crippen LogP) is 2.00. The van der Waals surface area contributed by atoms with Crippen LogP contribution in [0.2, 0.25) is 0 Å². The molecule has 0 aliphatic carbocycles. The first-order valence-electron chi connectivity index (χ1n) is 3.55. The van der Waals surface area contributed by atoms with Crippen LogP contribution in [0.25, 0.3) is 0 Å². The number of aliphatic hydroxyl groups excluding tert-OH is 1. The molecule has 0 radical (unpaired) electrons. The largest absolute Gasteiger partial charge is 0.393 e. The van der Waals surface area contributed by atoms with Gasteiger partial charge in [-0.15, -0.1) is 0 Å². The molecule has 0 heterocycles. The smallest absolute Gasteiger partial charge is 0.148 e. The second-order valence-corrected chi connectivity index (χ2v) is 2.56. The summed E-state index contributed by atoms with van der Waals surface area (Å²) in [6.45, 7) is 1.46. The van der Waals surface area contributed by atoms with Crippen LogP contribution in [0.3, 0.4) is 0 Å². The molecule has 0 aliphatic rings. The minimum Gasteiger partial charge on any atom is -0.393 e. The summed E-state index contributed by atoms with van der Waals surface area (Å²) < 4.78 is 12.8. The third-order valence-corrected chi connectivity index (χ3v) is 1.56. The Labute approximate surface area is 65.5 Å². The van der Waals surface area contributed by atoms with E-state index in [4.69, 9.17) is 5.11 Å². The zero-order valence-corrected chi connectivity index (χ0v) is 6.42. The van der Waals surface area contributed by atoms with Crippen LogP contribution in [0.5, 0.6) is 0 Å². The number of halogens is 1. The number of hydrogen-bond donors (Lipinski definition) is 1. The van der Waals surface area contributed by atoms with Gasteiger partial charge in [0.1, 0.15) is 6.17 Å². The van der Waals surface area contributed by atoms with Crippen molar-refractivity contribution >= 4 is 0 Å². The molecule has 0 saturated carbocycles. The molecule has 0 amide bonds. The molecule has 0 saturated heterocycles. The average Bonchev–Trinajstić information content (AvgIpc) is 2.03. The Kier molecular flexibility index (Phi) is 2.60. The molecular weight excluding hydrogens is 143 g/mol. The van der Waals surface area contributed by atoms with Gasteiger partial charge in [-0.25, -0.2) is 4.39 Å². The van der Waals surface area contributed by atoms with Crippen LogP contribution >= 0.6 is 0 Å². The van der Waals surface area contributed by atoms with Crippen LogP contribution < -0.4 is 0 Å². The lowest BCUT2D eigenvalue weighted by atomic mass is 10.1. The lowest BCUT2D eigenvalue weighted by molar-refractivity contribution is 0.180. The van der Waals surface area contributed by atoms with Crippen molar-refractivity contribution in [2.75, 3.05) is 6.61 Å². The Morgan fingerprint density at radius 1 is 1.55 bits per heavy atom. The zero-order chi connectivity index (χ0) is 8.27. The third-order valence-electron chi connectivity index (χ3n) is 1.56. The highest BCUT2D eigenvalue weighted by molar-refractivity contribution is 5.23. The molecule has 1 N–H and O–H groups in total. The fraction of sp³-hybridized carbons (Fsp3) is 0.333. The first kappa shape index (κ1) is 8.21. The van der Waals surface area contributed by atoms with E-state index in [0.29, 0.717) is 5.56 Å². The van der Waals surface area contributed by atoms with Crippen molar-refractivity contribution in [3.05, 3.63) is 35.4 Å². The normalized spacial score (nSPS) is 13.0. The zero-order valence-electron chi connectivity index (χ0n) is 6.42. The van der Waals surface area contributed by atoms with E-state index in [-0.39, 0.29) is 0 Å². The maximum Gasteiger partial charge on any atom is 0.148 e. The Morgan fingerprint density at radius 2 is 2.27 bits per heavy atom. The summed E-state index contributed by atoms with van der Waals surface area (Å²) in [5.41, 5.74) is 1.56. The van der Waals surface area contributed by atoms with E-state index in [0.717, 1.165) is 5.56 Å². The summed E-state index contributed by atoms with van der Waals surface area (Å²) in [7, 11) is 0. The summed E-state index contributed by atoms with van der Waals surface area (Å²) in [6.07, 6.45) is -1.24. The first-order chi connectivity index (χ1) is 5.24. The molecule has 0 fully saturated rings. The van der Waals surface area contributed by atoms with Gasteiger partial charge < -0.3 is 5.11 Å². The molecule has 1 nitrogen and oxygen atoms in total. The molecule has 0 aromatic heterocycles. The highest BCUT2D eigenvalue weighted by atomic mass is 19.1. The van der Waals surface area contributed by atoms with Crippen molar-refractivity contribution < 1.29 is 9.50 Å². The van der Waals surface area contributed by atoms with Gasteiger partial charge in [0.05, 0.1) is 6.61 Å². The van der Waals surface area contributed by atoms with E-state index >= 15 is 0 Å². The van der Waals surface area contributed by atoms with E-state index < -0.39 is 12.8 Å². The van der Waals surface area contributed by atoms with Crippen molar-refractivity contribution in [1.29, 1.82) is 0 Å². The van der Waals surface area contributed by atoms with Crippen LogP contribution in [0.4, 0.5) is 4.39 Å². The van der Waals surface area contributed by atoms with E-state index in [2.05, 4.69) is 0 Å². The maximum absolute atomic E-state index is 12.8. The Bertz CT molecular complexity index is 235. The molecule has 1 atom stereocenters.